The average Bonchev–Trinajstić information content (AvgIpc) is 3.20. The molecule has 1 atom stereocenters. The molecular formula is C20H21N3OS2. The summed E-state index contributed by atoms with van der Waals surface area (Å²) in [5.41, 5.74) is 0.924. The Bertz CT molecular complexity index is 911. The molecular weight excluding hydrogens is 362 g/mol. The third-order valence-electron chi connectivity index (χ3n) is 4.65. The molecule has 1 aromatic carbocycles. The van der Waals surface area contributed by atoms with E-state index in [9.17, 15) is 4.79 Å². The monoisotopic (exact) mass is 383 g/mol. The summed E-state index contributed by atoms with van der Waals surface area (Å²) in [5.74, 6) is 1.97. The Labute approximate surface area is 161 Å². The quantitative estimate of drug-likeness (QED) is 0.483. The Hall–Kier alpha value is -1.92. The van der Waals surface area contributed by atoms with Gasteiger partial charge in [0.15, 0.2) is 5.82 Å². The molecule has 1 unspecified atom stereocenters. The number of thioether (sulfide) groups is 1. The number of benzene rings is 1. The van der Waals surface area contributed by atoms with Gasteiger partial charge in [-0.25, -0.2) is 9.97 Å². The number of likely N-dealkylation sites (tertiary alicyclic amines) is 1. The summed E-state index contributed by atoms with van der Waals surface area (Å²) in [6.45, 7) is 3.98. The lowest BCUT2D eigenvalue weighted by molar-refractivity contribution is -0.130. The van der Waals surface area contributed by atoms with Crippen molar-refractivity contribution in [2.24, 2.45) is 5.92 Å². The van der Waals surface area contributed by atoms with Gasteiger partial charge >= 0.3 is 0 Å². The van der Waals surface area contributed by atoms with Crippen LogP contribution < -0.4 is 0 Å². The highest BCUT2D eigenvalue weighted by molar-refractivity contribution is 8.00. The number of para-hydroxylation sites is 1. The Balaban J connectivity index is 1.58. The second-order valence-corrected chi connectivity index (χ2v) is 8.63. The van der Waals surface area contributed by atoms with Crippen molar-refractivity contribution in [3.63, 3.8) is 0 Å². The molecule has 1 amide bonds. The third kappa shape index (κ3) is 3.76. The first-order valence-corrected chi connectivity index (χ1v) is 10.8. The number of aromatic nitrogens is 2. The summed E-state index contributed by atoms with van der Waals surface area (Å²) in [6, 6.07) is 12.1. The SMILES string of the molecule is CC1CCCN(C(=O)CSc2nc(-c3cccs3)nc3ccccc23)C1. The van der Waals surface area contributed by atoms with Crippen LogP contribution in [0.1, 0.15) is 19.8 Å². The van der Waals surface area contributed by atoms with Crippen LogP contribution in [0.3, 0.4) is 0 Å². The van der Waals surface area contributed by atoms with Gasteiger partial charge in [0.25, 0.3) is 0 Å². The molecule has 2 aromatic heterocycles. The van der Waals surface area contributed by atoms with Crippen LogP contribution in [0.25, 0.3) is 21.6 Å². The molecule has 26 heavy (non-hydrogen) atoms. The smallest absolute Gasteiger partial charge is 0.232 e. The number of piperidine rings is 1. The molecule has 1 aliphatic rings. The van der Waals surface area contributed by atoms with E-state index in [2.05, 4.69) is 6.92 Å². The van der Waals surface area contributed by atoms with Crippen LogP contribution in [0.4, 0.5) is 0 Å². The number of hydrogen-bond acceptors (Lipinski definition) is 5. The zero-order valence-electron chi connectivity index (χ0n) is 14.7. The number of carbonyl (C=O) groups excluding carboxylic acids is 1. The maximum atomic E-state index is 12.6. The molecule has 0 bridgehead atoms. The number of rotatable bonds is 4. The number of amides is 1. The first kappa shape index (κ1) is 17.5. The lowest BCUT2D eigenvalue weighted by Gasteiger charge is -2.30. The van der Waals surface area contributed by atoms with E-state index in [-0.39, 0.29) is 5.91 Å². The van der Waals surface area contributed by atoms with Crippen molar-refractivity contribution in [2.75, 3.05) is 18.8 Å². The molecule has 3 heterocycles. The molecule has 6 heteroatoms. The van der Waals surface area contributed by atoms with Gasteiger partial charge in [0, 0.05) is 18.5 Å². The van der Waals surface area contributed by atoms with Crippen molar-refractivity contribution in [3.8, 4) is 10.7 Å². The minimum atomic E-state index is 0.210. The zero-order chi connectivity index (χ0) is 17.9. The maximum Gasteiger partial charge on any atom is 0.232 e. The van der Waals surface area contributed by atoms with Gasteiger partial charge in [-0.2, -0.15) is 0 Å². The van der Waals surface area contributed by atoms with Crippen LogP contribution >= 0.6 is 23.1 Å². The molecule has 1 saturated heterocycles. The predicted octanol–water partition coefficient (Wildman–Crippen LogP) is 4.71. The van der Waals surface area contributed by atoms with E-state index in [1.54, 1.807) is 11.3 Å². The maximum absolute atomic E-state index is 12.6. The number of hydrogen-bond donors (Lipinski definition) is 0. The first-order valence-electron chi connectivity index (χ1n) is 8.92. The zero-order valence-corrected chi connectivity index (χ0v) is 16.4. The predicted molar refractivity (Wildman–Crippen MR) is 109 cm³/mol. The Morgan fingerprint density at radius 3 is 2.96 bits per heavy atom. The summed E-state index contributed by atoms with van der Waals surface area (Å²) in [7, 11) is 0. The highest BCUT2D eigenvalue weighted by Crippen LogP contribution is 2.30. The highest BCUT2D eigenvalue weighted by Gasteiger charge is 2.21. The summed E-state index contributed by atoms with van der Waals surface area (Å²) in [4.78, 5) is 25.1. The van der Waals surface area contributed by atoms with Crippen molar-refractivity contribution in [3.05, 3.63) is 41.8 Å². The molecule has 3 aromatic rings. The van der Waals surface area contributed by atoms with Gasteiger partial charge in [-0.1, -0.05) is 43.0 Å². The van der Waals surface area contributed by atoms with Crippen molar-refractivity contribution < 1.29 is 4.79 Å². The van der Waals surface area contributed by atoms with Crippen LogP contribution in [-0.2, 0) is 4.79 Å². The summed E-state index contributed by atoms with van der Waals surface area (Å²) in [6.07, 6.45) is 2.33. The second kappa shape index (κ2) is 7.76. The van der Waals surface area contributed by atoms with E-state index in [0.717, 1.165) is 46.1 Å². The fourth-order valence-corrected chi connectivity index (χ4v) is 4.89. The molecule has 4 rings (SSSR count). The largest absolute Gasteiger partial charge is 0.342 e. The van der Waals surface area contributed by atoms with E-state index in [1.807, 2.05) is 46.7 Å². The van der Waals surface area contributed by atoms with Crippen LogP contribution in [0, 0.1) is 5.92 Å². The fourth-order valence-electron chi connectivity index (χ4n) is 3.31. The van der Waals surface area contributed by atoms with Crippen molar-refractivity contribution in [1.82, 2.24) is 14.9 Å². The summed E-state index contributed by atoms with van der Waals surface area (Å²) >= 11 is 3.16. The van der Waals surface area contributed by atoms with Gasteiger partial charge in [0.2, 0.25) is 5.91 Å². The standard InChI is InChI=1S/C20H21N3OS2/c1-14-6-4-10-23(12-14)18(24)13-26-20-15-7-2-3-8-16(15)21-19(22-20)17-9-5-11-25-17/h2-3,5,7-9,11,14H,4,6,10,12-13H2,1H3. The van der Waals surface area contributed by atoms with Gasteiger partial charge < -0.3 is 4.90 Å². The van der Waals surface area contributed by atoms with E-state index in [4.69, 9.17) is 9.97 Å². The molecule has 4 nitrogen and oxygen atoms in total. The van der Waals surface area contributed by atoms with Gasteiger partial charge in [-0.15, -0.1) is 11.3 Å². The molecule has 1 aliphatic heterocycles. The van der Waals surface area contributed by atoms with Crippen molar-refractivity contribution >= 4 is 39.9 Å². The number of thiophene rings is 1. The number of fused-ring (bicyclic) bond motifs is 1. The van der Waals surface area contributed by atoms with Gasteiger partial charge in [-0.3, -0.25) is 4.79 Å². The van der Waals surface area contributed by atoms with E-state index in [1.165, 1.54) is 18.2 Å². The minimum absolute atomic E-state index is 0.210. The second-order valence-electron chi connectivity index (χ2n) is 6.72. The highest BCUT2D eigenvalue weighted by atomic mass is 32.2. The molecule has 134 valence electrons. The number of carbonyl (C=O) groups is 1. The first-order chi connectivity index (χ1) is 12.7. The van der Waals surface area contributed by atoms with Gasteiger partial charge in [0.1, 0.15) is 5.03 Å². The third-order valence-corrected chi connectivity index (χ3v) is 6.49. The molecule has 0 N–H and O–H groups in total. The van der Waals surface area contributed by atoms with Crippen molar-refractivity contribution in [2.45, 2.75) is 24.8 Å². The van der Waals surface area contributed by atoms with Gasteiger partial charge in [0.05, 0.1) is 16.1 Å². The van der Waals surface area contributed by atoms with E-state index in [0.29, 0.717) is 11.7 Å². The average molecular weight is 384 g/mol. The van der Waals surface area contributed by atoms with Gasteiger partial charge in [-0.05, 0) is 36.3 Å². The van der Waals surface area contributed by atoms with Crippen molar-refractivity contribution in [1.29, 1.82) is 0 Å². The molecule has 0 saturated carbocycles. The summed E-state index contributed by atoms with van der Waals surface area (Å²) < 4.78 is 0. The Morgan fingerprint density at radius 2 is 2.15 bits per heavy atom. The van der Waals surface area contributed by atoms with E-state index >= 15 is 0 Å². The van der Waals surface area contributed by atoms with Crippen LogP contribution in [0.15, 0.2) is 46.8 Å². The molecule has 0 spiro atoms. The normalized spacial score (nSPS) is 17.6. The summed E-state index contributed by atoms with van der Waals surface area (Å²) in [5, 5.41) is 3.93. The molecule has 1 fully saturated rings. The molecule has 0 aliphatic carbocycles. The minimum Gasteiger partial charge on any atom is -0.342 e. The topological polar surface area (TPSA) is 46.1 Å². The Kier molecular flexibility index (Phi) is 5.22. The molecule has 0 radical (unpaired) electrons. The van der Waals surface area contributed by atoms with Crippen LogP contribution in [0.2, 0.25) is 0 Å². The fraction of sp³-hybridized carbons (Fsp3) is 0.350. The van der Waals surface area contributed by atoms with E-state index < -0.39 is 0 Å². The van der Waals surface area contributed by atoms with Crippen LogP contribution in [-0.4, -0.2) is 39.6 Å². The number of nitrogens with zero attached hydrogens (tertiary/aromatic N) is 3. The lowest BCUT2D eigenvalue weighted by Crippen LogP contribution is -2.40. The van der Waals surface area contributed by atoms with Crippen LogP contribution in [0.5, 0.6) is 0 Å². The Morgan fingerprint density at radius 1 is 1.27 bits per heavy atom. The lowest BCUT2D eigenvalue weighted by atomic mass is 10.0.